The minimum absolute atomic E-state index is 0. The topological polar surface area (TPSA) is 229 Å². The number of ether oxygens (including phenoxy) is 3. The molecular formula is C28H29ClF3NO13S. The van der Waals surface area contributed by atoms with Crippen molar-refractivity contribution in [2.45, 2.75) is 74.9 Å². The Morgan fingerprint density at radius 3 is 2.36 bits per heavy atom. The van der Waals surface area contributed by atoms with Crippen molar-refractivity contribution in [1.29, 1.82) is 0 Å². The van der Waals surface area contributed by atoms with Crippen LogP contribution in [0.5, 0.6) is 17.2 Å². The molecule has 6 N–H and O–H groups in total. The molecule has 5 rings (SSSR count). The Bertz CT molecular complexity index is 1740. The van der Waals surface area contributed by atoms with Crippen LogP contribution in [0.2, 0.25) is 0 Å². The van der Waals surface area contributed by atoms with Gasteiger partial charge in [0.2, 0.25) is 12.6 Å². The van der Waals surface area contributed by atoms with Gasteiger partial charge in [-0.1, -0.05) is 12.1 Å². The highest BCUT2D eigenvalue weighted by molar-refractivity contribution is 7.87. The predicted molar refractivity (Wildman–Crippen MR) is 153 cm³/mol. The molecule has 2 aromatic rings. The first kappa shape index (κ1) is 36.5. The van der Waals surface area contributed by atoms with Gasteiger partial charge in [0.05, 0.1) is 35.0 Å². The number of rotatable bonds is 7. The van der Waals surface area contributed by atoms with Gasteiger partial charge in [-0.2, -0.15) is 21.6 Å². The van der Waals surface area contributed by atoms with E-state index in [-0.39, 0.29) is 30.0 Å². The van der Waals surface area contributed by atoms with Crippen LogP contribution in [-0.2, 0) is 35.0 Å². The van der Waals surface area contributed by atoms with Crippen molar-refractivity contribution in [3.05, 3.63) is 51.6 Å². The van der Waals surface area contributed by atoms with Gasteiger partial charge in [0.1, 0.15) is 22.8 Å². The van der Waals surface area contributed by atoms with Crippen molar-refractivity contribution in [3.8, 4) is 17.2 Å². The lowest BCUT2D eigenvalue weighted by Crippen LogP contribution is -2.52. The summed E-state index contributed by atoms with van der Waals surface area (Å²) >= 11 is 0. The van der Waals surface area contributed by atoms with Gasteiger partial charge in [-0.05, 0) is 19.9 Å². The number of nitrogens with two attached hydrogens (primary N) is 1. The van der Waals surface area contributed by atoms with Gasteiger partial charge in [-0.25, -0.2) is 4.18 Å². The third-order valence-corrected chi connectivity index (χ3v) is 9.25. The van der Waals surface area contributed by atoms with Crippen LogP contribution in [0, 0.1) is 0 Å². The molecule has 1 heterocycles. The number of hydrogen-bond acceptors (Lipinski definition) is 14. The number of carbonyl (C=O) groups excluding carboxylic acids is 3. The van der Waals surface area contributed by atoms with Gasteiger partial charge >= 0.3 is 15.6 Å². The van der Waals surface area contributed by atoms with Crippen molar-refractivity contribution in [3.63, 3.8) is 0 Å². The van der Waals surface area contributed by atoms with Crippen LogP contribution in [0.15, 0.2) is 18.2 Å². The van der Waals surface area contributed by atoms with E-state index in [2.05, 4.69) is 4.18 Å². The zero-order valence-electron chi connectivity index (χ0n) is 24.4. The Hall–Kier alpha value is -3.36. The molecule has 47 heavy (non-hydrogen) atoms. The lowest BCUT2D eigenvalue weighted by molar-refractivity contribution is -0.247. The minimum atomic E-state index is -6.07. The van der Waals surface area contributed by atoms with Gasteiger partial charge in [0.25, 0.3) is 0 Å². The Morgan fingerprint density at radius 2 is 1.77 bits per heavy atom. The molecule has 14 nitrogen and oxygen atoms in total. The molecule has 2 aromatic carbocycles. The average Bonchev–Trinajstić information content (AvgIpc) is 2.95. The molecule has 3 aliphatic rings. The van der Waals surface area contributed by atoms with E-state index in [1.807, 2.05) is 0 Å². The summed E-state index contributed by atoms with van der Waals surface area (Å²) in [6.45, 7) is 1.06. The SMILES string of the molecule is CC(=O)[C@]1(O)Cc2c(O)c3c(c(O)c2[C@@H](OC2CC(N)C(O)C(C)O2)C1)C(=O)c1c(OCOS(=O)(=O)C(F)(F)F)cccc1C3=O.Cl. The van der Waals surface area contributed by atoms with Crippen LogP contribution < -0.4 is 10.5 Å². The number of aliphatic hydroxyl groups excluding tert-OH is 1. The average molecular weight is 712 g/mol. The molecule has 1 aliphatic heterocycles. The summed E-state index contributed by atoms with van der Waals surface area (Å²) in [4.78, 5) is 40.0. The first-order valence-corrected chi connectivity index (χ1v) is 15.1. The summed E-state index contributed by atoms with van der Waals surface area (Å²) in [5.41, 5.74) is -4.93. The molecule has 0 aromatic heterocycles. The Kier molecular flexibility index (Phi) is 9.77. The number of Topliss-reactive ketones (excluding diaryl/α,β-unsaturated/α-hetero) is 1. The van der Waals surface area contributed by atoms with Crippen LogP contribution in [0.4, 0.5) is 13.2 Å². The minimum Gasteiger partial charge on any atom is -0.507 e. The number of hydrogen-bond donors (Lipinski definition) is 5. The second-order valence-corrected chi connectivity index (χ2v) is 12.8. The number of alkyl halides is 3. The molecule has 0 amide bonds. The van der Waals surface area contributed by atoms with E-state index >= 15 is 0 Å². The predicted octanol–water partition coefficient (Wildman–Crippen LogP) is 1.64. The number of carbonyl (C=O) groups is 3. The molecule has 0 spiro atoms. The fraction of sp³-hybridized carbons (Fsp3) is 0.464. The largest absolute Gasteiger partial charge is 0.523 e. The Morgan fingerprint density at radius 1 is 1.13 bits per heavy atom. The van der Waals surface area contributed by atoms with Crippen molar-refractivity contribution < 1.29 is 74.8 Å². The molecule has 1 fully saturated rings. The Balaban J connectivity index is 0.00000500. The van der Waals surface area contributed by atoms with Gasteiger partial charge < -0.3 is 40.4 Å². The summed E-state index contributed by atoms with van der Waals surface area (Å²) < 4.78 is 81.0. The second kappa shape index (κ2) is 12.6. The summed E-state index contributed by atoms with van der Waals surface area (Å²) in [7, 11) is -6.07. The zero-order valence-corrected chi connectivity index (χ0v) is 26.1. The summed E-state index contributed by atoms with van der Waals surface area (Å²) in [5, 5.41) is 44.3. The number of phenols is 2. The highest BCUT2D eigenvalue weighted by atomic mass is 35.5. The molecule has 6 atom stereocenters. The van der Waals surface area contributed by atoms with Crippen LogP contribution >= 0.6 is 12.4 Å². The van der Waals surface area contributed by atoms with Gasteiger partial charge in [0.15, 0.2) is 17.9 Å². The van der Waals surface area contributed by atoms with Crippen molar-refractivity contribution >= 4 is 39.9 Å². The normalized spacial score (nSPS) is 27.3. The molecule has 258 valence electrons. The highest BCUT2D eigenvalue weighted by Gasteiger charge is 2.50. The number of ketones is 3. The van der Waals surface area contributed by atoms with Crippen molar-refractivity contribution in [2.24, 2.45) is 5.73 Å². The summed E-state index contributed by atoms with van der Waals surface area (Å²) in [6.07, 6.45) is -5.59. The number of phenolic OH excluding ortho intramolecular Hbond substituents is 2. The van der Waals surface area contributed by atoms with E-state index in [4.69, 9.17) is 19.9 Å². The maximum atomic E-state index is 13.9. The van der Waals surface area contributed by atoms with E-state index in [0.29, 0.717) is 0 Å². The lowest BCUT2D eigenvalue weighted by Gasteiger charge is -2.42. The Labute approximate surface area is 270 Å². The van der Waals surface area contributed by atoms with Gasteiger partial charge in [-0.15, -0.1) is 12.4 Å². The van der Waals surface area contributed by atoms with Crippen LogP contribution in [0.3, 0.4) is 0 Å². The maximum Gasteiger partial charge on any atom is 0.523 e. The van der Waals surface area contributed by atoms with Crippen LogP contribution in [0.25, 0.3) is 0 Å². The van der Waals surface area contributed by atoms with Gasteiger partial charge in [0, 0.05) is 42.0 Å². The van der Waals surface area contributed by atoms with E-state index in [1.54, 1.807) is 0 Å². The molecule has 2 aliphatic carbocycles. The third kappa shape index (κ3) is 6.19. The highest BCUT2D eigenvalue weighted by Crippen LogP contribution is 2.52. The number of aliphatic hydroxyl groups is 2. The van der Waals surface area contributed by atoms with E-state index < -0.39 is 128 Å². The van der Waals surface area contributed by atoms with E-state index in [1.165, 1.54) is 6.92 Å². The molecule has 4 unspecified atom stereocenters. The molecule has 0 radical (unpaired) electrons. The molecule has 0 bridgehead atoms. The third-order valence-electron chi connectivity index (χ3n) is 8.28. The number of aromatic hydroxyl groups is 2. The molecule has 0 saturated carbocycles. The molecule has 1 saturated heterocycles. The van der Waals surface area contributed by atoms with Crippen LogP contribution in [-0.4, -0.2) is 88.6 Å². The lowest BCUT2D eigenvalue weighted by atomic mass is 9.72. The summed E-state index contributed by atoms with van der Waals surface area (Å²) in [6, 6.07) is 2.50. The quantitative estimate of drug-likeness (QED) is 0.102. The van der Waals surface area contributed by atoms with Crippen LogP contribution in [0.1, 0.15) is 75.8 Å². The number of fused-ring (bicyclic) bond motifs is 3. The molecule has 19 heteroatoms. The number of halogens is 4. The first-order valence-electron chi connectivity index (χ1n) is 13.7. The summed E-state index contributed by atoms with van der Waals surface area (Å²) in [5.74, 6) is -5.23. The van der Waals surface area contributed by atoms with Crippen molar-refractivity contribution in [1.82, 2.24) is 0 Å². The van der Waals surface area contributed by atoms with Gasteiger partial charge in [-0.3, -0.25) is 14.4 Å². The zero-order chi connectivity index (χ0) is 34.1. The monoisotopic (exact) mass is 711 g/mol. The fourth-order valence-corrected chi connectivity index (χ4v) is 6.14. The standard InChI is InChI=1S/C28H28F3NO13S.ClH/c1-10-22(34)14(32)6-17(44-10)45-16-8-27(39,11(2)33)7-13-19(16)26(38)21-20(24(13)36)23(35)12-4-3-5-15(18(12)25(21)37)42-9-43-46(40,41)28(29,30)31;/h3-5,10,14,16-17,22,34,36,38-39H,6-9,32H2,1-2H3;1H/t10?,14?,16-,17?,22?,27-;/m0./s1. The van der Waals surface area contributed by atoms with E-state index in [9.17, 15) is 56.4 Å². The number of benzene rings is 2. The van der Waals surface area contributed by atoms with Crippen molar-refractivity contribution in [2.75, 3.05) is 6.79 Å². The second-order valence-electron chi connectivity index (χ2n) is 11.2. The van der Waals surface area contributed by atoms with E-state index in [0.717, 1.165) is 25.1 Å². The maximum absolute atomic E-state index is 13.9. The molecular weight excluding hydrogens is 683 g/mol. The fourth-order valence-electron chi connectivity index (χ4n) is 5.83. The first-order chi connectivity index (χ1) is 21.3. The smallest absolute Gasteiger partial charge is 0.507 e.